The molecule has 4 heteroatoms. The Morgan fingerprint density at radius 2 is 1.92 bits per heavy atom. The molecule has 2 N–H and O–H groups in total. The van der Waals surface area contributed by atoms with Gasteiger partial charge in [-0.3, -0.25) is 0 Å². The minimum Gasteiger partial charge on any atom is -0.225 e. The van der Waals surface area contributed by atoms with Crippen LogP contribution in [0, 0.1) is 6.92 Å². The summed E-state index contributed by atoms with van der Waals surface area (Å²) in [5.41, 5.74) is 1.91. The fraction of sp³-hybridized carbons (Fsp3) is 0.333. The van der Waals surface area contributed by atoms with Gasteiger partial charge in [-0.25, -0.2) is 13.6 Å². The molecule has 1 aromatic rings. The lowest BCUT2D eigenvalue weighted by Crippen LogP contribution is -2.12. The topological polar surface area (TPSA) is 60.2 Å². The van der Waals surface area contributed by atoms with Crippen LogP contribution in [0.3, 0.4) is 0 Å². The Labute approximate surface area is 78.6 Å². The van der Waals surface area contributed by atoms with Crippen molar-refractivity contribution in [3.63, 3.8) is 0 Å². The normalized spacial score (nSPS) is 11.6. The van der Waals surface area contributed by atoms with E-state index >= 15 is 0 Å². The molecule has 13 heavy (non-hydrogen) atoms. The van der Waals surface area contributed by atoms with Crippen LogP contribution in [0.5, 0.6) is 0 Å². The van der Waals surface area contributed by atoms with Gasteiger partial charge in [0.2, 0.25) is 10.0 Å². The van der Waals surface area contributed by atoms with Gasteiger partial charge in [0.25, 0.3) is 0 Å². The molecule has 0 saturated heterocycles. The number of sulfonamides is 1. The highest BCUT2D eigenvalue weighted by atomic mass is 32.2. The molecule has 1 aromatic carbocycles. The first-order chi connectivity index (χ1) is 5.93. The molecule has 1 rings (SSSR count). The van der Waals surface area contributed by atoms with Gasteiger partial charge in [0, 0.05) is 0 Å². The highest BCUT2D eigenvalue weighted by molar-refractivity contribution is 7.89. The first-order valence-electron chi connectivity index (χ1n) is 4.07. The van der Waals surface area contributed by atoms with Crippen LogP contribution in [0.15, 0.2) is 23.1 Å². The molecule has 0 atom stereocenters. The SMILES string of the molecule is CCc1cc(C)cc(S(N)(=O)=O)c1. The second kappa shape index (κ2) is 3.47. The number of benzene rings is 1. The largest absolute Gasteiger partial charge is 0.238 e. The van der Waals surface area contributed by atoms with E-state index in [1.165, 1.54) is 0 Å². The van der Waals surface area contributed by atoms with Gasteiger partial charge in [-0.1, -0.05) is 13.0 Å². The molecular formula is C9H13NO2S. The van der Waals surface area contributed by atoms with Gasteiger partial charge in [0.15, 0.2) is 0 Å². The molecule has 0 aliphatic heterocycles. The molecule has 0 aromatic heterocycles. The fourth-order valence-corrected chi connectivity index (χ4v) is 1.86. The van der Waals surface area contributed by atoms with E-state index in [9.17, 15) is 8.42 Å². The Hall–Kier alpha value is -0.870. The van der Waals surface area contributed by atoms with Gasteiger partial charge in [-0.2, -0.15) is 0 Å². The van der Waals surface area contributed by atoms with Gasteiger partial charge < -0.3 is 0 Å². The molecule has 0 unspecified atom stereocenters. The molecular weight excluding hydrogens is 186 g/mol. The van der Waals surface area contributed by atoms with E-state index in [4.69, 9.17) is 5.14 Å². The summed E-state index contributed by atoms with van der Waals surface area (Å²) in [6.45, 7) is 3.83. The van der Waals surface area contributed by atoms with Gasteiger partial charge in [0.1, 0.15) is 0 Å². The van der Waals surface area contributed by atoms with Crippen molar-refractivity contribution in [3.05, 3.63) is 29.3 Å². The molecule has 0 bridgehead atoms. The predicted molar refractivity (Wildman–Crippen MR) is 51.9 cm³/mol. The van der Waals surface area contributed by atoms with Crippen LogP contribution in [0.4, 0.5) is 0 Å². The maximum atomic E-state index is 11.0. The first kappa shape index (κ1) is 10.2. The second-order valence-electron chi connectivity index (χ2n) is 3.05. The molecule has 0 aliphatic rings. The Kier molecular flexibility index (Phi) is 2.73. The van der Waals surface area contributed by atoms with E-state index in [2.05, 4.69) is 0 Å². The van der Waals surface area contributed by atoms with Crippen LogP contribution in [0.2, 0.25) is 0 Å². The van der Waals surface area contributed by atoms with Crippen molar-refractivity contribution >= 4 is 10.0 Å². The van der Waals surface area contributed by atoms with Gasteiger partial charge >= 0.3 is 0 Å². The summed E-state index contributed by atoms with van der Waals surface area (Å²) >= 11 is 0. The average Bonchev–Trinajstić information content (AvgIpc) is 2.01. The van der Waals surface area contributed by atoms with Crippen molar-refractivity contribution < 1.29 is 8.42 Å². The third-order valence-corrected chi connectivity index (χ3v) is 2.74. The Bertz CT molecular complexity index is 410. The fourth-order valence-electron chi connectivity index (χ4n) is 1.19. The van der Waals surface area contributed by atoms with Crippen molar-refractivity contribution in [3.8, 4) is 0 Å². The van der Waals surface area contributed by atoms with Crippen molar-refractivity contribution in [1.82, 2.24) is 0 Å². The zero-order valence-electron chi connectivity index (χ0n) is 7.74. The molecule has 0 saturated carbocycles. The molecule has 72 valence electrons. The summed E-state index contributed by atoms with van der Waals surface area (Å²) in [5, 5.41) is 5.02. The second-order valence-corrected chi connectivity index (χ2v) is 4.61. The van der Waals surface area contributed by atoms with Crippen molar-refractivity contribution in [2.24, 2.45) is 5.14 Å². The first-order valence-corrected chi connectivity index (χ1v) is 5.61. The minimum atomic E-state index is -3.56. The van der Waals surface area contributed by atoms with Crippen LogP contribution < -0.4 is 5.14 Å². The van der Waals surface area contributed by atoms with Crippen molar-refractivity contribution in [2.75, 3.05) is 0 Å². The number of rotatable bonds is 2. The molecule has 0 amide bonds. The third-order valence-electron chi connectivity index (χ3n) is 1.85. The lowest BCUT2D eigenvalue weighted by molar-refractivity contribution is 0.597. The summed E-state index contributed by atoms with van der Waals surface area (Å²) in [6.07, 6.45) is 0.810. The lowest BCUT2D eigenvalue weighted by Gasteiger charge is -2.03. The van der Waals surface area contributed by atoms with E-state index < -0.39 is 10.0 Å². The van der Waals surface area contributed by atoms with E-state index in [1.54, 1.807) is 12.1 Å². The smallest absolute Gasteiger partial charge is 0.225 e. The zero-order chi connectivity index (χ0) is 10.1. The van der Waals surface area contributed by atoms with Crippen LogP contribution in [0.25, 0.3) is 0 Å². The predicted octanol–water partition coefficient (Wildman–Crippen LogP) is 1.20. The van der Waals surface area contributed by atoms with Crippen LogP contribution in [-0.2, 0) is 16.4 Å². The number of primary sulfonamides is 1. The van der Waals surface area contributed by atoms with Gasteiger partial charge in [0.05, 0.1) is 4.90 Å². The minimum absolute atomic E-state index is 0.198. The molecule has 3 nitrogen and oxygen atoms in total. The van der Waals surface area contributed by atoms with E-state index in [-0.39, 0.29) is 4.90 Å². The average molecular weight is 199 g/mol. The molecule has 0 spiro atoms. The quantitative estimate of drug-likeness (QED) is 0.778. The van der Waals surface area contributed by atoms with E-state index in [0.29, 0.717) is 0 Å². The van der Waals surface area contributed by atoms with Crippen molar-refractivity contribution in [2.45, 2.75) is 25.2 Å². The molecule has 0 aliphatic carbocycles. The zero-order valence-corrected chi connectivity index (χ0v) is 8.56. The monoisotopic (exact) mass is 199 g/mol. The van der Waals surface area contributed by atoms with E-state index in [0.717, 1.165) is 17.5 Å². The highest BCUT2D eigenvalue weighted by Gasteiger charge is 2.08. The van der Waals surface area contributed by atoms with Crippen LogP contribution >= 0.6 is 0 Å². The van der Waals surface area contributed by atoms with Crippen LogP contribution in [-0.4, -0.2) is 8.42 Å². The third kappa shape index (κ3) is 2.54. The summed E-state index contributed by atoms with van der Waals surface area (Å²) in [6, 6.07) is 5.14. The number of aryl methyl sites for hydroxylation is 2. The van der Waals surface area contributed by atoms with E-state index in [1.807, 2.05) is 19.9 Å². The number of nitrogens with two attached hydrogens (primary N) is 1. The Morgan fingerprint density at radius 1 is 1.31 bits per heavy atom. The molecule has 0 fully saturated rings. The number of hydrogen-bond acceptors (Lipinski definition) is 2. The summed E-state index contributed by atoms with van der Waals surface area (Å²) < 4.78 is 22.1. The van der Waals surface area contributed by atoms with Crippen molar-refractivity contribution in [1.29, 1.82) is 0 Å². The Morgan fingerprint density at radius 3 is 2.38 bits per heavy atom. The standard InChI is InChI=1S/C9H13NO2S/c1-3-8-4-7(2)5-9(6-8)13(10,11)12/h4-6H,3H2,1-2H3,(H2,10,11,12). The van der Waals surface area contributed by atoms with Gasteiger partial charge in [-0.05, 0) is 36.6 Å². The Balaban J connectivity index is 3.33. The number of hydrogen-bond donors (Lipinski definition) is 1. The van der Waals surface area contributed by atoms with Gasteiger partial charge in [-0.15, -0.1) is 0 Å². The molecule has 0 radical (unpaired) electrons. The molecule has 0 heterocycles. The highest BCUT2D eigenvalue weighted by Crippen LogP contribution is 2.13. The summed E-state index contributed by atoms with van der Waals surface area (Å²) in [7, 11) is -3.56. The maximum Gasteiger partial charge on any atom is 0.238 e. The summed E-state index contributed by atoms with van der Waals surface area (Å²) in [5.74, 6) is 0. The lowest BCUT2D eigenvalue weighted by atomic mass is 10.1. The summed E-state index contributed by atoms with van der Waals surface area (Å²) in [4.78, 5) is 0.198. The maximum absolute atomic E-state index is 11.0. The van der Waals surface area contributed by atoms with Crippen LogP contribution in [0.1, 0.15) is 18.1 Å².